The van der Waals surface area contributed by atoms with Gasteiger partial charge in [-0.2, -0.15) is 0 Å². The van der Waals surface area contributed by atoms with E-state index < -0.39 is 16.4 Å². The summed E-state index contributed by atoms with van der Waals surface area (Å²) in [7, 11) is 15.0. The zero-order chi connectivity index (χ0) is 3.58. The number of rotatable bonds is 0. The van der Waals surface area contributed by atoms with Crippen LogP contribution < -0.4 is 0 Å². The van der Waals surface area contributed by atoms with Crippen molar-refractivity contribution in [3.63, 3.8) is 0 Å². The van der Waals surface area contributed by atoms with E-state index in [2.05, 4.69) is 0 Å². The van der Waals surface area contributed by atoms with Gasteiger partial charge in [0.15, 0.2) is 0 Å². The summed E-state index contributed by atoms with van der Waals surface area (Å²) in [5.41, 5.74) is 0. The van der Waals surface area contributed by atoms with Gasteiger partial charge in [-0.3, -0.25) is 0 Å². The largest absolute Gasteiger partial charge is 0 e. The molecule has 0 fully saturated rings. The van der Waals surface area contributed by atoms with E-state index >= 15 is 0 Å². The molecule has 0 rings (SSSR count). The van der Waals surface area contributed by atoms with E-state index in [1.54, 1.807) is 0 Å². The fourth-order valence-corrected chi connectivity index (χ4v) is 0. The maximum atomic E-state index is 5.00. The SMILES string of the molecule is O.[Cl][Sn]([Cl])[Cl].[K]. The van der Waals surface area contributed by atoms with E-state index in [0.29, 0.717) is 0 Å². The van der Waals surface area contributed by atoms with Gasteiger partial charge in [-0.05, 0) is 0 Å². The Bertz CT molecular complexity index is 15.5. The summed E-state index contributed by atoms with van der Waals surface area (Å²) in [6.07, 6.45) is 0. The molecule has 0 aliphatic heterocycles. The molecule has 0 saturated heterocycles. The van der Waals surface area contributed by atoms with Crippen LogP contribution in [0, 0.1) is 0 Å². The third-order valence-corrected chi connectivity index (χ3v) is 0. The molecule has 0 heterocycles. The molecule has 1 nitrogen and oxygen atoms in total. The minimum atomic E-state index is -2.13. The van der Waals surface area contributed by atoms with Crippen LogP contribution in [0.3, 0.4) is 0 Å². The van der Waals surface area contributed by atoms with Crippen molar-refractivity contribution in [2.75, 3.05) is 0 Å². The average molecular weight is 282 g/mol. The zero-order valence-corrected chi connectivity index (χ0v) is 11.4. The molecule has 0 atom stereocenters. The topological polar surface area (TPSA) is 31.5 Å². The Hall–Kier alpha value is 3.27. The maximum absolute atomic E-state index is 5.00. The normalized spacial score (nSPS) is 6.00. The first-order valence-corrected chi connectivity index (χ1v) is 11.4. The van der Waals surface area contributed by atoms with E-state index in [1.807, 2.05) is 0 Å². The van der Waals surface area contributed by atoms with Crippen LogP contribution in [0.5, 0.6) is 0 Å². The molecule has 2 N–H and O–H groups in total. The molecule has 0 saturated carbocycles. The summed E-state index contributed by atoms with van der Waals surface area (Å²) in [5.74, 6) is 0. The van der Waals surface area contributed by atoms with E-state index in [4.69, 9.17) is 26.8 Å². The molecule has 0 aliphatic rings. The molecule has 0 spiro atoms. The summed E-state index contributed by atoms with van der Waals surface area (Å²) in [6, 6.07) is 0. The van der Waals surface area contributed by atoms with Gasteiger partial charge >= 0.3 is 43.1 Å². The first-order chi connectivity index (χ1) is 1.73. The molecule has 2 radical (unpaired) electrons. The van der Waals surface area contributed by atoms with Crippen molar-refractivity contribution in [3.8, 4) is 0 Å². The molecule has 0 aromatic rings. The first-order valence-electron chi connectivity index (χ1n) is 0.567. The van der Waals surface area contributed by atoms with Crippen LogP contribution in [0.15, 0.2) is 0 Å². The fourth-order valence-electron chi connectivity index (χ4n) is 0. The van der Waals surface area contributed by atoms with Gasteiger partial charge in [0.2, 0.25) is 0 Å². The van der Waals surface area contributed by atoms with Crippen molar-refractivity contribution in [3.05, 3.63) is 0 Å². The standard InChI is InChI=1S/3ClH.K.H2O.Sn/h3*1H;;1H2;/q;;;;;+3/p-3. The van der Waals surface area contributed by atoms with Crippen molar-refractivity contribution in [2.45, 2.75) is 0 Å². The third-order valence-electron chi connectivity index (χ3n) is 0. The van der Waals surface area contributed by atoms with Gasteiger partial charge in [0, 0.05) is 51.4 Å². The van der Waals surface area contributed by atoms with Crippen molar-refractivity contribution in [2.24, 2.45) is 0 Å². The predicted molar refractivity (Wildman–Crippen MR) is 32.7 cm³/mol. The predicted octanol–water partition coefficient (Wildman–Crippen LogP) is 0.482. The minimum Gasteiger partial charge on any atom is 0 e. The van der Waals surface area contributed by atoms with E-state index in [-0.39, 0.29) is 56.9 Å². The van der Waals surface area contributed by atoms with Gasteiger partial charge in [-0.25, -0.2) is 0 Å². The summed E-state index contributed by atoms with van der Waals surface area (Å²) >= 11 is -2.13. The molecular weight excluding hydrogens is 280 g/mol. The van der Waals surface area contributed by atoms with Crippen molar-refractivity contribution >= 4 is 94.5 Å². The summed E-state index contributed by atoms with van der Waals surface area (Å²) < 4.78 is 0. The minimum absolute atomic E-state index is 0. The zero-order valence-electron chi connectivity index (χ0n) is 3.13. The molecule has 0 amide bonds. The van der Waals surface area contributed by atoms with Crippen molar-refractivity contribution < 1.29 is 5.48 Å². The number of hydrogen-bond donors (Lipinski definition) is 0. The van der Waals surface area contributed by atoms with Crippen LogP contribution in [0.1, 0.15) is 0 Å². The van der Waals surface area contributed by atoms with Gasteiger partial charge < -0.3 is 5.48 Å². The quantitative estimate of drug-likeness (QED) is 0.579. The number of halogens is 3. The summed E-state index contributed by atoms with van der Waals surface area (Å²) in [6.45, 7) is 0. The Kier molecular flexibility index (Phi) is 29.9. The van der Waals surface area contributed by atoms with Gasteiger partial charge in [0.05, 0.1) is 0 Å². The van der Waals surface area contributed by atoms with Gasteiger partial charge in [-0.15, -0.1) is 0 Å². The van der Waals surface area contributed by atoms with Crippen molar-refractivity contribution in [1.82, 2.24) is 0 Å². The Balaban J connectivity index is -0.0000000450. The molecule has 0 aromatic carbocycles. The smallest absolute Gasteiger partial charge is 0 e. The average Bonchev–Trinajstić information content (AvgIpc) is 0.811. The summed E-state index contributed by atoms with van der Waals surface area (Å²) in [4.78, 5) is 0. The molecule has 6 heavy (non-hydrogen) atoms. The Morgan fingerprint density at radius 2 is 1.00 bits per heavy atom. The van der Waals surface area contributed by atoms with Crippen LogP contribution in [0.4, 0.5) is 0 Å². The molecule has 0 bridgehead atoms. The van der Waals surface area contributed by atoms with E-state index in [1.165, 1.54) is 0 Å². The summed E-state index contributed by atoms with van der Waals surface area (Å²) in [5, 5.41) is 0. The Morgan fingerprint density at radius 3 is 1.00 bits per heavy atom. The van der Waals surface area contributed by atoms with Crippen LogP contribution in [0.25, 0.3) is 0 Å². The van der Waals surface area contributed by atoms with Gasteiger partial charge in [0.1, 0.15) is 0 Å². The Labute approximate surface area is 97.3 Å². The molecule has 0 aromatic heterocycles. The Morgan fingerprint density at radius 1 is 1.00 bits per heavy atom. The molecule has 0 aliphatic carbocycles. The number of hydrogen-bond acceptors (Lipinski definition) is 0. The fraction of sp³-hybridized carbons (Fsp3) is 0. The second kappa shape index (κ2) is 11.1. The van der Waals surface area contributed by atoms with Gasteiger partial charge in [0.25, 0.3) is 0 Å². The molecule has 0 unspecified atom stereocenters. The van der Waals surface area contributed by atoms with Crippen LogP contribution in [-0.4, -0.2) is 73.2 Å². The second-order valence-corrected chi connectivity index (χ2v) is 12.9. The van der Waals surface area contributed by atoms with E-state index in [0.717, 1.165) is 0 Å². The van der Waals surface area contributed by atoms with Crippen molar-refractivity contribution in [1.29, 1.82) is 0 Å². The maximum Gasteiger partial charge on any atom is 0 e. The second-order valence-electron chi connectivity index (χ2n) is 0.214. The monoisotopic (exact) mass is 282 g/mol. The molecule has 6 heteroatoms. The molecule has 34 valence electrons. The first kappa shape index (κ1) is 16.1. The van der Waals surface area contributed by atoms with E-state index in [9.17, 15) is 0 Å². The van der Waals surface area contributed by atoms with Crippen LogP contribution in [-0.2, 0) is 0 Å². The molecular formula is H2Cl3KOSn. The van der Waals surface area contributed by atoms with Crippen LogP contribution in [0.2, 0.25) is 0 Å². The third kappa shape index (κ3) is 26.7. The van der Waals surface area contributed by atoms with Crippen LogP contribution >= 0.6 is 26.8 Å². The van der Waals surface area contributed by atoms with Gasteiger partial charge in [-0.1, -0.05) is 0 Å².